The molecule has 1 aliphatic heterocycles. The topological polar surface area (TPSA) is 46.2 Å². The Labute approximate surface area is 245 Å². The minimum atomic E-state index is -0.649. The van der Waals surface area contributed by atoms with Gasteiger partial charge >= 0.3 is 0 Å². The van der Waals surface area contributed by atoms with Crippen molar-refractivity contribution in [2.45, 2.75) is 57.1 Å². The number of benzene rings is 4. The molecule has 40 heavy (non-hydrogen) atoms. The summed E-state index contributed by atoms with van der Waals surface area (Å²) in [5.74, 6) is 0. The van der Waals surface area contributed by atoms with Crippen molar-refractivity contribution in [1.29, 1.82) is 0 Å². The minimum absolute atomic E-state index is 0.304. The summed E-state index contributed by atoms with van der Waals surface area (Å²) in [5.41, 5.74) is 4.29. The standard InChI is InChI=1S/C34H35BrO5/c35-21-30-31(36-22-26-13-5-1-6-14-26)32(37-23-27-15-7-2-8-16-27)33(38-24-28-17-9-3-10-18-28)34(40-30)39-25-29-19-11-4-12-20-29/h1-20,30-34H,21-25H2/t30-,31-,32+,33-,34+/m1/s1. The second-order valence-corrected chi connectivity index (χ2v) is 10.4. The maximum atomic E-state index is 6.65. The fraction of sp³-hybridized carbons (Fsp3) is 0.294. The van der Waals surface area contributed by atoms with Gasteiger partial charge in [-0.25, -0.2) is 0 Å². The van der Waals surface area contributed by atoms with E-state index in [0.29, 0.717) is 31.8 Å². The van der Waals surface area contributed by atoms with Crippen molar-refractivity contribution in [1.82, 2.24) is 0 Å². The highest BCUT2D eigenvalue weighted by molar-refractivity contribution is 9.09. The van der Waals surface area contributed by atoms with Crippen LogP contribution in [0.5, 0.6) is 0 Å². The van der Waals surface area contributed by atoms with E-state index in [1.54, 1.807) is 0 Å². The zero-order chi connectivity index (χ0) is 27.4. The Bertz CT molecular complexity index is 1240. The molecule has 0 bridgehead atoms. The van der Waals surface area contributed by atoms with Gasteiger partial charge in [0.05, 0.1) is 32.5 Å². The van der Waals surface area contributed by atoms with Crippen LogP contribution in [0.25, 0.3) is 0 Å². The predicted octanol–water partition coefficient (Wildman–Crippen LogP) is 7.08. The van der Waals surface area contributed by atoms with Gasteiger partial charge in [0.2, 0.25) is 0 Å². The quantitative estimate of drug-likeness (QED) is 0.153. The molecule has 0 aromatic heterocycles. The summed E-state index contributed by atoms with van der Waals surface area (Å²) in [5, 5.41) is 0.564. The second kappa shape index (κ2) is 15.2. The highest BCUT2D eigenvalue weighted by Crippen LogP contribution is 2.32. The van der Waals surface area contributed by atoms with Crippen molar-refractivity contribution < 1.29 is 23.7 Å². The first-order chi connectivity index (χ1) is 19.8. The molecule has 0 radical (unpaired) electrons. The Kier molecular flexibility index (Phi) is 10.9. The summed E-state index contributed by atoms with van der Waals surface area (Å²) in [6.07, 6.45) is -2.31. The molecule has 0 spiro atoms. The van der Waals surface area contributed by atoms with Crippen molar-refractivity contribution in [3.63, 3.8) is 0 Å². The van der Waals surface area contributed by atoms with Gasteiger partial charge < -0.3 is 23.7 Å². The molecule has 5 atom stereocenters. The molecule has 0 aliphatic carbocycles. The van der Waals surface area contributed by atoms with Crippen molar-refractivity contribution in [2.75, 3.05) is 5.33 Å². The zero-order valence-corrected chi connectivity index (χ0v) is 24.0. The zero-order valence-electron chi connectivity index (χ0n) is 22.4. The molecule has 6 heteroatoms. The van der Waals surface area contributed by atoms with Gasteiger partial charge in [-0.05, 0) is 22.3 Å². The van der Waals surface area contributed by atoms with Gasteiger partial charge in [-0.15, -0.1) is 0 Å². The lowest BCUT2D eigenvalue weighted by Crippen LogP contribution is -2.61. The fourth-order valence-electron chi connectivity index (χ4n) is 4.76. The van der Waals surface area contributed by atoms with Crippen LogP contribution in [0.1, 0.15) is 22.3 Å². The van der Waals surface area contributed by atoms with Gasteiger partial charge in [-0.3, -0.25) is 0 Å². The molecule has 1 heterocycles. The molecular weight excluding hydrogens is 568 g/mol. The van der Waals surface area contributed by atoms with Gasteiger partial charge in [0, 0.05) is 5.33 Å². The Morgan fingerprint density at radius 3 is 1.20 bits per heavy atom. The first-order valence-electron chi connectivity index (χ1n) is 13.6. The van der Waals surface area contributed by atoms with Crippen LogP contribution in [0, 0.1) is 0 Å². The summed E-state index contributed by atoms with van der Waals surface area (Å²) in [6.45, 7) is 1.65. The molecule has 1 fully saturated rings. The first kappa shape index (κ1) is 28.7. The minimum Gasteiger partial charge on any atom is -0.368 e. The normalized spacial score (nSPS) is 22.7. The first-order valence-corrected chi connectivity index (χ1v) is 14.8. The molecule has 0 saturated carbocycles. The van der Waals surface area contributed by atoms with Crippen molar-refractivity contribution >= 4 is 15.9 Å². The molecule has 0 amide bonds. The largest absolute Gasteiger partial charge is 0.368 e. The van der Waals surface area contributed by atoms with E-state index in [2.05, 4.69) is 40.2 Å². The monoisotopic (exact) mass is 602 g/mol. The molecule has 0 unspecified atom stereocenters. The Hall–Kier alpha value is -2.84. The summed E-state index contributed by atoms with van der Waals surface area (Å²) in [4.78, 5) is 0. The predicted molar refractivity (Wildman–Crippen MR) is 159 cm³/mol. The molecule has 5 nitrogen and oxygen atoms in total. The third-order valence-electron chi connectivity index (χ3n) is 6.86. The molecule has 1 saturated heterocycles. The van der Waals surface area contributed by atoms with Crippen LogP contribution in [-0.2, 0) is 50.1 Å². The third kappa shape index (κ3) is 8.10. The van der Waals surface area contributed by atoms with Crippen LogP contribution >= 0.6 is 15.9 Å². The molecule has 4 aromatic carbocycles. The lowest BCUT2D eigenvalue weighted by Gasteiger charge is -2.45. The van der Waals surface area contributed by atoms with E-state index in [1.807, 2.05) is 97.1 Å². The van der Waals surface area contributed by atoms with Crippen molar-refractivity contribution in [3.8, 4) is 0 Å². The van der Waals surface area contributed by atoms with E-state index < -0.39 is 18.5 Å². The summed E-state index contributed by atoms with van der Waals surface area (Å²) >= 11 is 3.66. The van der Waals surface area contributed by atoms with Gasteiger partial charge in [0.15, 0.2) is 6.29 Å². The fourth-order valence-corrected chi connectivity index (χ4v) is 5.28. The van der Waals surface area contributed by atoms with Gasteiger partial charge in [0.25, 0.3) is 0 Å². The summed E-state index contributed by atoms with van der Waals surface area (Å²) in [6, 6.07) is 40.5. The van der Waals surface area contributed by atoms with Crippen LogP contribution in [0.2, 0.25) is 0 Å². The van der Waals surface area contributed by atoms with Gasteiger partial charge in [0.1, 0.15) is 18.3 Å². The molecule has 4 aromatic rings. The summed E-state index contributed by atoms with van der Waals surface area (Å²) < 4.78 is 32.7. The molecule has 1 aliphatic rings. The third-order valence-corrected chi connectivity index (χ3v) is 7.49. The Morgan fingerprint density at radius 1 is 0.450 bits per heavy atom. The van der Waals surface area contributed by atoms with Crippen LogP contribution < -0.4 is 0 Å². The van der Waals surface area contributed by atoms with Crippen molar-refractivity contribution in [2.24, 2.45) is 0 Å². The maximum absolute atomic E-state index is 6.65. The number of rotatable bonds is 13. The van der Waals surface area contributed by atoms with E-state index in [1.165, 1.54) is 0 Å². The lowest BCUT2D eigenvalue weighted by molar-refractivity contribution is -0.321. The average molecular weight is 604 g/mol. The van der Waals surface area contributed by atoms with E-state index in [9.17, 15) is 0 Å². The molecule has 0 N–H and O–H groups in total. The summed E-state index contributed by atoms with van der Waals surface area (Å²) in [7, 11) is 0. The van der Waals surface area contributed by atoms with E-state index in [4.69, 9.17) is 23.7 Å². The van der Waals surface area contributed by atoms with Crippen LogP contribution in [0.4, 0.5) is 0 Å². The van der Waals surface area contributed by atoms with Gasteiger partial charge in [-0.2, -0.15) is 0 Å². The smallest absolute Gasteiger partial charge is 0.187 e. The molecular formula is C34H35BrO5. The maximum Gasteiger partial charge on any atom is 0.187 e. The molecule has 5 rings (SSSR count). The van der Waals surface area contributed by atoms with E-state index in [0.717, 1.165) is 22.3 Å². The molecule has 208 valence electrons. The Morgan fingerprint density at radius 2 is 0.800 bits per heavy atom. The highest BCUT2D eigenvalue weighted by atomic mass is 79.9. The second-order valence-electron chi connectivity index (χ2n) is 9.78. The SMILES string of the molecule is BrC[C@H]1O[C@H](OCc2ccccc2)[C@H](OCc2ccccc2)[C@@H](OCc2ccccc2)[C@@H]1OCc1ccccc1. The van der Waals surface area contributed by atoms with Crippen LogP contribution in [0.3, 0.4) is 0 Å². The van der Waals surface area contributed by atoms with Crippen LogP contribution in [-0.4, -0.2) is 36.0 Å². The van der Waals surface area contributed by atoms with E-state index >= 15 is 0 Å². The number of alkyl halides is 1. The van der Waals surface area contributed by atoms with Crippen LogP contribution in [0.15, 0.2) is 121 Å². The Balaban J connectivity index is 1.41. The van der Waals surface area contributed by atoms with Gasteiger partial charge in [-0.1, -0.05) is 137 Å². The number of hydrogen-bond acceptors (Lipinski definition) is 5. The average Bonchev–Trinajstić information content (AvgIpc) is 3.03. The lowest BCUT2D eigenvalue weighted by atomic mass is 9.98. The number of ether oxygens (including phenoxy) is 5. The number of halogens is 1. The number of hydrogen-bond donors (Lipinski definition) is 0. The highest BCUT2D eigenvalue weighted by Gasteiger charge is 2.48. The van der Waals surface area contributed by atoms with Crippen molar-refractivity contribution in [3.05, 3.63) is 144 Å². The van der Waals surface area contributed by atoms with E-state index in [-0.39, 0.29) is 12.2 Å².